The lowest BCUT2D eigenvalue weighted by Crippen LogP contribution is -2.60. The van der Waals surface area contributed by atoms with E-state index in [1.807, 2.05) is 19.2 Å². The summed E-state index contributed by atoms with van der Waals surface area (Å²) in [5, 5.41) is 42.9. The number of carboxylic acid groups (broad SMARTS) is 2. The average Bonchev–Trinajstić information content (AvgIpc) is 2.61. The molecule has 0 fully saturated rings. The Balaban J connectivity index is 5.36. The fraction of sp³-hybridized carbons (Fsp3) is 0.706. The van der Waals surface area contributed by atoms with Crippen LogP contribution in [0.15, 0.2) is 0 Å². The van der Waals surface area contributed by atoms with Crippen molar-refractivity contribution < 1.29 is 44.4 Å². The highest BCUT2D eigenvalue weighted by molar-refractivity contribution is 5.95. The molecule has 3 amide bonds. The van der Waals surface area contributed by atoms with Gasteiger partial charge >= 0.3 is 11.9 Å². The summed E-state index contributed by atoms with van der Waals surface area (Å²) in [6, 6.07) is -5.95. The third kappa shape index (κ3) is 9.62. The van der Waals surface area contributed by atoms with Crippen LogP contribution in [0.4, 0.5) is 0 Å². The molecule has 9 N–H and O–H groups in total. The highest BCUT2D eigenvalue weighted by Crippen LogP contribution is 2.05. The van der Waals surface area contributed by atoms with E-state index in [0.29, 0.717) is 0 Å². The van der Waals surface area contributed by atoms with Crippen molar-refractivity contribution in [2.45, 2.75) is 63.9 Å². The van der Waals surface area contributed by atoms with Crippen LogP contribution in [-0.2, 0) is 24.0 Å². The number of aliphatic hydroxyl groups is 2. The Hall–Kier alpha value is -2.77. The molecule has 0 saturated carbocycles. The summed E-state index contributed by atoms with van der Waals surface area (Å²) in [7, 11) is 0. The van der Waals surface area contributed by atoms with Gasteiger partial charge in [-0.15, -0.1) is 0 Å². The number of nitrogens with one attached hydrogen (secondary N) is 3. The van der Waals surface area contributed by atoms with Crippen LogP contribution >= 0.6 is 0 Å². The summed E-state index contributed by atoms with van der Waals surface area (Å²) in [6.07, 6.45) is -2.05. The third-order valence-corrected chi connectivity index (χ3v) is 3.93. The zero-order chi connectivity index (χ0) is 23.6. The number of nitrogens with two attached hydrogens (primary N) is 1. The topological polar surface area (TPSA) is 228 Å². The molecule has 0 spiro atoms. The second-order valence-corrected chi connectivity index (χ2v) is 7.20. The monoisotopic (exact) mass is 434 g/mol. The number of carbonyl (C=O) groups is 5. The molecule has 13 heteroatoms. The van der Waals surface area contributed by atoms with E-state index in [0.717, 1.165) is 6.92 Å². The molecule has 0 aromatic heterocycles. The number of aliphatic hydroxyl groups excluding tert-OH is 2. The van der Waals surface area contributed by atoms with Crippen molar-refractivity contribution in [1.29, 1.82) is 0 Å². The van der Waals surface area contributed by atoms with Crippen molar-refractivity contribution in [1.82, 2.24) is 16.0 Å². The molecule has 172 valence electrons. The van der Waals surface area contributed by atoms with Crippen LogP contribution in [0.25, 0.3) is 0 Å². The van der Waals surface area contributed by atoms with Crippen LogP contribution in [0, 0.1) is 5.92 Å². The van der Waals surface area contributed by atoms with Gasteiger partial charge in [0.1, 0.15) is 18.1 Å². The predicted octanol–water partition coefficient (Wildman–Crippen LogP) is -3.25. The zero-order valence-electron chi connectivity index (χ0n) is 17.0. The minimum Gasteiger partial charge on any atom is -0.481 e. The molecule has 0 aromatic rings. The number of carboxylic acids is 2. The second kappa shape index (κ2) is 12.7. The molecule has 0 heterocycles. The Kier molecular flexibility index (Phi) is 11.5. The van der Waals surface area contributed by atoms with Crippen molar-refractivity contribution in [3.8, 4) is 0 Å². The molecule has 0 aliphatic rings. The molecule has 5 unspecified atom stereocenters. The fourth-order valence-electron chi connectivity index (χ4n) is 2.38. The van der Waals surface area contributed by atoms with Crippen LogP contribution in [-0.4, -0.2) is 87.0 Å². The second-order valence-electron chi connectivity index (χ2n) is 7.20. The van der Waals surface area contributed by atoms with Crippen LogP contribution in [0.3, 0.4) is 0 Å². The first kappa shape index (κ1) is 27.2. The lowest BCUT2D eigenvalue weighted by atomic mass is 10.0. The minimum absolute atomic E-state index is 0.0644. The molecule has 0 aromatic carbocycles. The average molecular weight is 434 g/mol. The minimum atomic E-state index is -1.68. The van der Waals surface area contributed by atoms with Crippen molar-refractivity contribution in [2.24, 2.45) is 11.7 Å². The smallest absolute Gasteiger partial charge is 0.328 e. The van der Waals surface area contributed by atoms with Gasteiger partial charge in [-0.2, -0.15) is 0 Å². The van der Waals surface area contributed by atoms with Crippen molar-refractivity contribution in [2.75, 3.05) is 6.61 Å². The van der Waals surface area contributed by atoms with E-state index in [9.17, 15) is 29.1 Å². The Morgan fingerprint density at radius 3 is 1.80 bits per heavy atom. The van der Waals surface area contributed by atoms with Crippen LogP contribution < -0.4 is 21.7 Å². The normalized spacial score (nSPS) is 16.0. The molecule has 30 heavy (non-hydrogen) atoms. The van der Waals surface area contributed by atoms with E-state index in [2.05, 4.69) is 10.6 Å². The maximum Gasteiger partial charge on any atom is 0.328 e. The molecule has 5 atom stereocenters. The van der Waals surface area contributed by atoms with E-state index < -0.39 is 73.0 Å². The van der Waals surface area contributed by atoms with E-state index in [-0.39, 0.29) is 12.3 Å². The predicted molar refractivity (Wildman–Crippen MR) is 102 cm³/mol. The van der Waals surface area contributed by atoms with Gasteiger partial charge in [-0.1, -0.05) is 13.8 Å². The Morgan fingerprint density at radius 1 is 0.867 bits per heavy atom. The fourth-order valence-corrected chi connectivity index (χ4v) is 2.38. The van der Waals surface area contributed by atoms with Crippen molar-refractivity contribution >= 4 is 29.7 Å². The molecule has 13 nitrogen and oxygen atoms in total. The third-order valence-electron chi connectivity index (χ3n) is 3.93. The van der Waals surface area contributed by atoms with Crippen molar-refractivity contribution in [3.05, 3.63) is 0 Å². The Morgan fingerprint density at radius 2 is 1.40 bits per heavy atom. The first-order valence-corrected chi connectivity index (χ1v) is 9.20. The van der Waals surface area contributed by atoms with E-state index in [1.165, 1.54) is 0 Å². The maximum absolute atomic E-state index is 12.5. The largest absolute Gasteiger partial charge is 0.481 e. The van der Waals surface area contributed by atoms with Gasteiger partial charge in [0, 0.05) is 0 Å². The summed E-state index contributed by atoms with van der Waals surface area (Å²) >= 11 is 0. The summed E-state index contributed by atoms with van der Waals surface area (Å²) in [4.78, 5) is 58.8. The van der Waals surface area contributed by atoms with Crippen LogP contribution in [0.1, 0.15) is 33.6 Å². The summed E-state index contributed by atoms with van der Waals surface area (Å²) in [5.74, 6) is -5.89. The van der Waals surface area contributed by atoms with E-state index in [4.69, 9.17) is 21.1 Å². The summed E-state index contributed by atoms with van der Waals surface area (Å²) < 4.78 is 0. The molecular formula is C17H30N4O9. The highest BCUT2D eigenvalue weighted by Gasteiger charge is 2.33. The van der Waals surface area contributed by atoms with Crippen LogP contribution in [0.5, 0.6) is 0 Å². The van der Waals surface area contributed by atoms with E-state index >= 15 is 0 Å². The number of aliphatic carboxylic acids is 2. The zero-order valence-corrected chi connectivity index (χ0v) is 17.0. The number of carbonyl (C=O) groups excluding carboxylic acids is 3. The number of hydrogen-bond donors (Lipinski definition) is 8. The van der Waals surface area contributed by atoms with Gasteiger partial charge in [-0.3, -0.25) is 19.2 Å². The molecule has 0 bridgehead atoms. The molecule has 0 radical (unpaired) electrons. The number of amides is 3. The molecule has 0 aliphatic carbocycles. The number of hydrogen-bond acceptors (Lipinski definition) is 8. The number of rotatable bonds is 13. The Labute approximate surface area is 173 Å². The van der Waals surface area contributed by atoms with Crippen molar-refractivity contribution in [3.63, 3.8) is 0 Å². The standard InChI is InChI=1S/C17H30N4O9/c1-7(2)4-9(18)14(26)19-10(5-12(24)25)15(27)21-13(8(3)23)16(28)20-11(6-22)17(29)30/h7-11,13,22-23H,4-6,18H2,1-3H3,(H,19,26)(H,20,28)(H,21,27)(H,24,25)(H,29,30). The Bertz CT molecular complexity index is 639. The van der Waals surface area contributed by atoms with Gasteiger partial charge < -0.3 is 42.1 Å². The molecule has 0 aliphatic heterocycles. The molecule has 0 rings (SSSR count). The lowest BCUT2D eigenvalue weighted by molar-refractivity contribution is -0.144. The summed E-state index contributed by atoms with van der Waals surface area (Å²) in [6.45, 7) is 3.82. The quantitative estimate of drug-likeness (QED) is 0.144. The highest BCUT2D eigenvalue weighted by atomic mass is 16.4. The first-order chi connectivity index (χ1) is 13.8. The van der Waals surface area contributed by atoms with Gasteiger partial charge in [0.15, 0.2) is 0 Å². The molecular weight excluding hydrogens is 404 g/mol. The van der Waals surface area contributed by atoms with Gasteiger partial charge in [0.25, 0.3) is 0 Å². The maximum atomic E-state index is 12.5. The molecule has 0 saturated heterocycles. The van der Waals surface area contributed by atoms with Gasteiger partial charge in [-0.25, -0.2) is 4.79 Å². The summed E-state index contributed by atoms with van der Waals surface area (Å²) in [5.41, 5.74) is 5.72. The first-order valence-electron chi connectivity index (χ1n) is 9.20. The van der Waals surface area contributed by atoms with E-state index in [1.54, 1.807) is 0 Å². The van der Waals surface area contributed by atoms with Gasteiger partial charge in [0.05, 0.1) is 25.2 Å². The lowest BCUT2D eigenvalue weighted by Gasteiger charge is -2.26. The van der Waals surface area contributed by atoms with Gasteiger partial charge in [-0.05, 0) is 19.3 Å². The van der Waals surface area contributed by atoms with Crippen LogP contribution in [0.2, 0.25) is 0 Å². The van der Waals surface area contributed by atoms with Gasteiger partial charge in [0.2, 0.25) is 17.7 Å². The SMILES string of the molecule is CC(C)CC(N)C(=O)NC(CC(=O)O)C(=O)NC(C(=O)NC(CO)C(=O)O)C(C)O.